The Balaban J connectivity index is 1.58. The van der Waals surface area contributed by atoms with Crippen molar-refractivity contribution in [2.45, 2.75) is 25.9 Å². The van der Waals surface area contributed by atoms with E-state index < -0.39 is 12.1 Å². The highest BCUT2D eigenvalue weighted by Gasteiger charge is 2.32. The minimum absolute atomic E-state index is 0.208. The SMILES string of the molecule is Cc1c(OC(=O)C2CCCO2)ccc2c1O/C(=C\c1ccc(Cl)cc1)C2=O. The van der Waals surface area contributed by atoms with Crippen LogP contribution in [0.1, 0.15) is 34.3 Å². The van der Waals surface area contributed by atoms with Crippen molar-refractivity contribution < 1.29 is 23.8 Å². The normalized spacial score (nSPS) is 19.9. The van der Waals surface area contributed by atoms with Gasteiger partial charge in [-0.3, -0.25) is 4.79 Å². The number of allylic oxidation sites excluding steroid dienone is 1. The van der Waals surface area contributed by atoms with Gasteiger partial charge in [-0.05, 0) is 55.7 Å². The molecule has 2 aromatic carbocycles. The molecule has 138 valence electrons. The van der Waals surface area contributed by atoms with E-state index in [1.54, 1.807) is 49.4 Å². The van der Waals surface area contributed by atoms with Gasteiger partial charge in [-0.1, -0.05) is 23.7 Å². The second-order valence-corrected chi connectivity index (χ2v) is 6.92. The molecule has 2 aromatic rings. The highest BCUT2D eigenvalue weighted by Crippen LogP contribution is 2.39. The molecule has 4 rings (SSSR count). The predicted molar refractivity (Wildman–Crippen MR) is 100 cm³/mol. The molecule has 1 unspecified atom stereocenters. The summed E-state index contributed by atoms with van der Waals surface area (Å²) in [5, 5.41) is 0.618. The molecule has 6 heteroatoms. The molecule has 1 atom stereocenters. The first-order chi connectivity index (χ1) is 13.0. The average molecular weight is 385 g/mol. The van der Waals surface area contributed by atoms with Crippen molar-refractivity contribution in [3.05, 3.63) is 63.9 Å². The second-order valence-electron chi connectivity index (χ2n) is 6.48. The molecule has 1 fully saturated rings. The zero-order chi connectivity index (χ0) is 19.0. The molecule has 0 amide bonds. The molecule has 0 saturated carbocycles. The van der Waals surface area contributed by atoms with Gasteiger partial charge in [-0.2, -0.15) is 0 Å². The van der Waals surface area contributed by atoms with Crippen molar-refractivity contribution in [2.24, 2.45) is 0 Å². The summed E-state index contributed by atoms with van der Waals surface area (Å²) in [6.45, 7) is 2.33. The fourth-order valence-corrected chi connectivity index (χ4v) is 3.25. The van der Waals surface area contributed by atoms with Gasteiger partial charge < -0.3 is 14.2 Å². The van der Waals surface area contributed by atoms with E-state index in [1.165, 1.54) is 0 Å². The number of halogens is 1. The van der Waals surface area contributed by atoms with Gasteiger partial charge in [0.05, 0.1) is 5.56 Å². The Bertz CT molecular complexity index is 940. The number of ketones is 1. The number of Topliss-reactive ketones (excluding diaryl/α,β-unsaturated/α-hetero) is 1. The smallest absolute Gasteiger partial charge is 0.340 e. The number of benzene rings is 2. The third kappa shape index (κ3) is 3.48. The summed E-state index contributed by atoms with van der Waals surface area (Å²) in [7, 11) is 0. The molecule has 1 saturated heterocycles. The Morgan fingerprint density at radius 2 is 2.00 bits per heavy atom. The number of esters is 1. The van der Waals surface area contributed by atoms with Crippen LogP contribution < -0.4 is 9.47 Å². The van der Waals surface area contributed by atoms with Crippen LogP contribution in [0.5, 0.6) is 11.5 Å². The topological polar surface area (TPSA) is 61.8 Å². The van der Waals surface area contributed by atoms with Gasteiger partial charge >= 0.3 is 5.97 Å². The maximum atomic E-state index is 12.6. The zero-order valence-corrected chi connectivity index (χ0v) is 15.4. The standard InChI is InChI=1S/C21H17ClO5/c1-12-16(27-21(24)17-3-2-10-25-17)9-8-15-19(23)18(26-20(12)15)11-13-4-6-14(22)7-5-13/h4-9,11,17H,2-3,10H2,1H3/b18-11-. The monoisotopic (exact) mass is 384 g/mol. The molecule has 5 nitrogen and oxygen atoms in total. The van der Waals surface area contributed by atoms with Crippen molar-refractivity contribution in [3.63, 3.8) is 0 Å². The number of ether oxygens (including phenoxy) is 3. The summed E-state index contributed by atoms with van der Waals surface area (Å²) in [4.78, 5) is 24.8. The van der Waals surface area contributed by atoms with E-state index in [0.717, 1.165) is 12.0 Å². The minimum Gasteiger partial charge on any atom is -0.452 e. The van der Waals surface area contributed by atoms with E-state index in [4.69, 9.17) is 25.8 Å². The molecule has 2 aliphatic rings. The third-order valence-electron chi connectivity index (χ3n) is 4.61. The molecule has 0 radical (unpaired) electrons. The van der Waals surface area contributed by atoms with E-state index in [2.05, 4.69) is 0 Å². The first-order valence-electron chi connectivity index (χ1n) is 8.69. The lowest BCUT2D eigenvalue weighted by Gasteiger charge is -2.12. The van der Waals surface area contributed by atoms with Crippen molar-refractivity contribution in [1.82, 2.24) is 0 Å². The lowest BCUT2D eigenvalue weighted by molar-refractivity contribution is -0.144. The summed E-state index contributed by atoms with van der Waals surface area (Å²) >= 11 is 5.89. The van der Waals surface area contributed by atoms with Crippen molar-refractivity contribution >= 4 is 29.4 Å². The van der Waals surface area contributed by atoms with Crippen LogP contribution in [0.3, 0.4) is 0 Å². The fraction of sp³-hybridized carbons (Fsp3) is 0.238. The highest BCUT2D eigenvalue weighted by molar-refractivity contribution is 6.30. The van der Waals surface area contributed by atoms with Crippen LogP contribution in [0.2, 0.25) is 5.02 Å². The second kappa shape index (κ2) is 7.18. The molecule has 0 N–H and O–H groups in total. The van der Waals surface area contributed by atoms with Crippen molar-refractivity contribution in [2.75, 3.05) is 6.61 Å². The molecule has 0 bridgehead atoms. The van der Waals surface area contributed by atoms with Gasteiger partial charge in [0.1, 0.15) is 11.5 Å². The van der Waals surface area contributed by atoms with Crippen LogP contribution in [0.15, 0.2) is 42.2 Å². The summed E-state index contributed by atoms with van der Waals surface area (Å²) in [6.07, 6.45) is 2.64. The third-order valence-corrected chi connectivity index (χ3v) is 4.86. The molecular weight excluding hydrogens is 368 g/mol. The van der Waals surface area contributed by atoms with Crippen molar-refractivity contribution in [3.8, 4) is 11.5 Å². The van der Waals surface area contributed by atoms with Gasteiger partial charge in [0.25, 0.3) is 0 Å². The van der Waals surface area contributed by atoms with Gasteiger partial charge in [0.2, 0.25) is 5.78 Å². The Labute approximate surface area is 161 Å². The summed E-state index contributed by atoms with van der Waals surface area (Å²) in [5.41, 5.74) is 1.86. The van der Waals surface area contributed by atoms with E-state index in [0.29, 0.717) is 40.7 Å². The number of hydrogen-bond acceptors (Lipinski definition) is 5. The first-order valence-corrected chi connectivity index (χ1v) is 9.07. The quantitative estimate of drug-likeness (QED) is 0.447. The molecular formula is C21H17ClO5. The van der Waals surface area contributed by atoms with Crippen molar-refractivity contribution in [1.29, 1.82) is 0 Å². The van der Waals surface area contributed by atoms with E-state index in [1.807, 2.05) is 0 Å². The van der Waals surface area contributed by atoms with Gasteiger partial charge in [0, 0.05) is 17.2 Å². The molecule has 0 spiro atoms. The Morgan fingerprint density at radius 3 is 2.70 bits per heavy atom. The minimum atomic E-state index is -0.527. The number of fused-ring (bicyclic) bond motifs is 1. The van der Waals surface area contributed by atoms with Crippen LogP contribution >= 0.6 is 11.6 Å². The number of hydrogen-bond donors (Lipinski definition) is 0. The fourth-order valence-electron chi connectivity index (χ4n) is 3.13. The number of carbonyl (C=O) groups excluding carboxylic acids is 2. The maximum absolute atomic E-state index is 12.6. The number of carbonyl (C=O) groups is 2. The number of rotatable bonds is 3. The van der Waals surface area contributed by atoms with Gasteiger partial charge in [-0.25, -0.2) is 4.79 Å². The molecule has 2 aliphatic heterocycles. The Morgan fingerprint density at radius 1 is 1.22 bits per heavy atom. The van der Waals surface area contributed by atoms with Gasteiger partial charge in [-0.15, -0.1) is 0 Å². The zero-order valence-electron chi connectivity index (χ0n) is 14.7. The molecule has 27 heavy (non-hydrogen) atoms. The highest BCUT2D eigenvalue weighted by atomic mass is 35.5. The molecule has 2 heterocycles. The first kappa shape index (κ1) is 17.8. The van der Waals surface area contributed by atoms with E-state index in [-0.39, 0.29) is 11.5 Å². The molecule has 0 aromatic heterocycles. The average Bonchev–Trinajstić information content (AvgIpc) is 3.29. The lowest BCUT2D eigenvalue weighted by atomic mass is 10.1. The predicted octanol–water partition coefficient (Wildman–Crippen LogP) is 4.35. The largest absolute Gasteiger partial charge is 0.452 e. The summed E-state index contributed by atoms with van der Waals surface area (Å²) in [6, 6.07) is 10.3. The van der Waals surface area contributed by atoms with Crippen LogP contribution in [0.25, 0.3) is 6.08 Å². The molecule has 0 aliphatic carbocycles. The maximum Gasteiger partial charge on any atom is 0.340 e. The van der Waals surface area contributed by atoms with Gasteiger partial charge in [0.15, 0.2) is 11.9 Å². The summed E-state index contributed by atoms with van der Waals surface area (Å²) in [5.74, 6) is 0.377. The van der Waals surface area contributed by atoms with Crippen LogP contribution in [-0.4, -0.2) is 24.5 Å². The Hall–Kier alpha value is -2.63. The van der Waals surface area contributed by atoms with Crippen LogP contribution in [0, 0.1) is 6.92 Å². The van der Waals surface area contributed by atoms with E-state index >= 15 is 0 Å². The summed E-state index contributed by atoms with van der Waals surface area (Å²) < 4.78 is 16.6. The van der Waals surface area contributed by atoms with E-state index in [9.17, 15) is 9.59 Å². The van der Waals surface area contributed by atoms with Crippen LogP contribution in [-0.2, 0) is 9.53 Å². The lowest BCUT2D eigenvalue weighted by Crippen LogP contribution is -2.25. The van der Waals surface area contributed by atoms with Crippen LogP contribution in [0.4, 0.5) is 0 Å². The Kier molecular flexibility index (Phi) is 4.72.